The molecule has 1 rings (SSSR count). The van der Waals surface area contributed by atoms with Crippen LogP contribution in [0.4, 0.5) is 4.79 Å². The average molecular weight is 322 g/mol. The number of urea groups is 1. The Labute approximate surface area is 135 Å². The standard InChI is InChI=1S/C16H22N2O5/c1-3-9-17-16(21)18-14(19)11-23-15(20)12-5-7-13(8-6-12)22-10-4-2/h5-8H,3-4,9-11H2,1-2H3,(H2,17,18,19,21). The fourth-order valence-electron chi connectivity index (χ4n) is 1.57. The molecule has 7 heteroatoms. The number of imide groups is 1. The summed E-state index contributed by atoms with van der Waals surface area (Å²) < 4.78 is 10.2. The van der Waals surface area contributed by atoms with E-state index in [1.165, 1.54) is 0 Å². The van der Waals surface area contributed by atoms with Crippen LogP contribution in [-0.4, -0.2) is 37.7 Å². The highest BCUT2D eigenvalue weighted by atomic mass is 16.5. The van der Waals surface area contributed by atoms with Crippen molar-refractivity contribution in [1.82, 2.24) is 10.6 Å². The van der Waals surface area contributed by atoms with Crippen LogP contribution in [0.15, 0.2) is 24.3 Å². The van der Waals surface area contributed by atoms with Crippen LogP contribution < -0.4 is 15.4 Å². The van der Waals surface area contributed by atoms with Crippen molar-refractivity contribution in [2.24, 2.45) is 0 Å². The normalized spacial score (nSPS) is 9.83. The third kappa shape index (κ3) is 7.30. The average Bonchev–Trinajstić information content (AvgIpc) is 2.56. The second kappa shape index (κ2) is 10.2. The predicted octanol–water partition coefficient (Wildman–Crippen LogP) is 1.87. The third-order valence-corrected chi connectivity index (χ3v) is 2.69. The van der Waals surface area contributed by atoms with Crippen LogP contribution in [-0.2, 0) is 9.53 Å². The molecule has 0 aliphatic rings. The number of rotatable bonds is 8. The van der Waals surface area contributed by atoms with E-state index < -0.39 is 24.5 Å². The Balaban J connectivity index is 2.38. The van der Waals surface area contributed by atoms with Gasteiger partial charge in [-0.15, -0.1) is 0 Å². The minimum atomic E-state index is -0.685. The summed E-state index contributed by atoms with van der Waals surface area (Å²) in [7, 11) is 0. The van der Waals surface area contributed by atoms with Gasteiger partial charge >= 0.3 is 12.0 Å². The summed E-state index contributed by atoms with van der Waals surface area (Å²) in [6.07, 6.45) is 1.65. The van der Waals surface area contributed by atoms with Crippen molar-refractivity contribution in [2.75, 3.05) is 19.8 Å². The predicted molar refractivity (Wildman–Crippen MR) is 84.3 cm³/mol. The molecule has 0 bridgehead atoms. The second-order valence-electron chi connectivity index (χ2n) is 4.75. The lowest BCUT2D eigenvalue weighted by Crippen LogP contribution is -2.41. The first kappa shape index (κ1) is 18.5. The molecule has 0 aliphatic heterocycles. The van der Waals surface area contributed by atoms with Crippen LogP contribution in [0.2, 0.25) is 0 Å². The Morgan fingerprint density at radius 2 is 1.74 bits per heavy atom. The van der Waals surface area contributed by atoms with Crippen molar-refractivity contribution in [3.8, 4) is 5.75 Å². The molecule has 1 aromatic rings. The molecule has 0 fully saturated rings. The van der Waals surface area contributed by atoms with E-state index in [0.717, 1.165) is 12.8 Å². The van der Waals surface area contributed by atoms with Gasteiger partial charge in [-0.1, -0.05) is 13.8 Å². The number of nitrogens with one attached hydrogen (secondary N) is 2. The SMILES string of the molecule is CCCNC(=O)NC(=O)COC(=O)c1ccc(OCCC)cc1. The Morgan fingerprint density at radius 3 is 2.35 bits per heavy atom. The quantitative estimate of drug-likeness (QED) is 0.713. The van der Waals surface area contributed by atoms with Gasteiger partial charge in [-0.25, -0.2) is 9.59 Å². The Hall–Kier alpha value is -2.57. The fourth-order valence-corrected chi connectivity index (χ4v) is 1.57. The lowest BCUT2D eigenvalue weighted by Gasteiger charge is -2.07. The van der Waals surface area contributed by atoms with Gasteiger partial charge in [0.2, 0.25) is 0 Å². The van der Waals surface area contributed by atoms with Crippen LogP contribution in [0.5, 0.6) is 5.75 Å². The first-order chi connectivity index (χ1) is 11.1. The van der Waals surface area contributed by atoms with E-state index in [1.807, 2.05) is 13.8 Å². The van der Waals surface area contributed by atoms with Gasteiger partial charge in [0.25, 0.3) is 5.91 Å². The number of hydrogen-bond donors (Lipinski definition) is 2. The Kier molecular flexibility index (Phi) is 8.20. The number of amides is 3. The number of benzene rings is 1. The topological polar surface area (TPSA) is 93.7 Å². The Morgan fingerprint density at radius 1 is 1.04 bits per heavy atom. The smallest absolute Gasteiger partial charge is 0.338 e. The molecule has 0 aromatic heterocycles. The van der Waals surface area contributed by atoms with E-state index in [0.29, 0.717) is 24.5 Å². The van der Waals surface area contributed by atoms with E-state index in [2.05, 4.69) is 10.6 Å². The van der Waals surface area contributed by atoms with Gasteiger partial charge in [-0.3, -0.25) is 10.1 Å². The largest absolute Gasteiger partial charge is 0.494 e. The maximum atomic E-state index is 11.8. The maximum Gasteiger partial charge on any atom is 0.338 e. The van der Waals surface area contributed by atoms with Crippen LogP contribution in [0, 0.1) is 0 Å². The van der Waals surface area contributed by atoms with Crippen LogP contribution in [0.3, 0.4) is 0 Å². The molecule has 2 N–H and O–H groups in total. The zero-order chi connectivity index (χ0) is 17.1. The first-order valence-corrected chi connectivity index (χ1v) is 7.54. The van der Waals surface area contributed by atoms with Gasteiger partial charge in [-0.05, 0) is 37.1 Å². The van der Waals surface area contributed by atoms with Crippen molar-refractivity contribution >= 4 is 17.9 Å². The zero-order valence-electron chi connectivity index (χ0n) is 13.4. The highest BCUT2D eigenvalue weighted by Crippen LogP contribution is 2.13. The second-order valence-corrected chi connectivity index (χ2v) is 4.75. The van der Waals surface area contributed by atoms with Gasteiger partial charge in [0, 0.05) is 6.54 Å². The zero-order valence-corrected chi connectivity index (χ0v) is 13.4. The number of carbonyl (C=O) groups excluding carboxylic acids is 3. The minimum Gasteiger partial charge on any atom is -0.494 e. The van der Waals surface area contributed by atoms with Crippen molar-refractivity contribution < 1.29 is 23.9 Å². The molecule has 0 saturated carbocycles. The molecule has 0 radical (unpaired) electrons. The molecule has 23 heavy (non-hydrogen) atoms. The molecule has 0 aliphatic carbocycles. The lowest BCUT2D eigenvalue weighted by atomic mass is 10.2. The minimum absolute atomic E-state index is 0.303. The lowest BCUT2D eigenvalue weighted by molar-refractivity contribution is -0.123. The third-order valence-electron chi connectivity index (χ3n) is 2.69. The summed E-state index contributed by atoms with van der Waals surface area (Å²) in [5, 5.41) is 4.55. The fraction of sp³-hybridized carbons (Fsp3) is 0.438. The van der Waals surface area contributed by atoms with Gasteiger partial charge in [0.15, 0.2) is 6.61 Å². The van der Waals surface area contributed by atoms with Crippen LogP contribution >= 0.6 is 0 Å². The van der Waals surface area contributed by atoms with E-state index in [4.69, 9.17) is 9.47 Å². The summed E-state index contributed by atoms with van der Waals surface area (Å²) in [5.74, 6) is -0.667. The van der Waals surface area contributed by atoms with Gasteiger partial charge in [-0.2, -0.15) is 0 Å². The van der Waals surface area contributed by atoms with Crippen molar-refractivity contribution in [3.05, 3.63) is 29.8 Å². The van der Waals surface area contributed by atoms with Crippen LogP contribution in [0.25, 0.3) is 0 Å². The maximum absolute atomic E-state index is 11.8. The van der Waals surface area contributed by atoms with Gasteiger partial charge in [0.05, 0.1) is 12.2 Å². The molecule has 1 aromatic carbocycles. The molecule has 126 valence electrons. The van der Waals surface area contributed by atoms with Crippen molar-refractivity contribution in [1.29, 1.82) is 0 Å². The molecule has 3 amide bonds. The summed E-state index contributed by atoms with van der Waals surface area (Å²) in [5.41, 5.74) is 0.303. The molecule has 0 atom stereocenters. The van der Waals surface area contributed by atoms with E-state index >= 15 is 0 Å². The highest BCUT2D eigenvalue weighted by Gasteiger charge is 2.12. The molecular weight excluding hydrogens is 300 g/mol. The number of carbonyl (C=O) groups is 3. The monoisotopic (exact) mass is 322 g/mol. The molecule has 0 spiro atoms. The van der Waals surface area contributed by atoms with Crippen LogP contribution in [0.1, 0.15) is 37.0 Å². The van der Waals surface area contributed by atoms with Crippen molar-refractivity contribution in [3.63, 3.8) is 0 Å². The molecule has 0 saturated heterocycles. The molecule has 0 unspecified atom stereocenters. The number of esters is 1. The number of hydrogen-bond acceptors (Lipinski definition) is 5. The van der Waals surface area contributed by atoms with E-state index in [1.54, 1.807) is 24.3 Å². The summed E-state index contributed by atoms with van der Waals surface area (Å²) in [4.78, 5) is 34.5. The number of ether oxygens (including phenoxy) is 2. The van der Waals surface area contributed by atoms with Crippen molar-refractivity contribution in [2.45, 2.75) is 26.7 Å². The van der Waals surface area contributed by atoms with Gasteiger partial charge < -0.3 is 14.8 Å². The molecule has 7 nitrogen and oxygen atoms in total. The van der Waals surface area contributed by atoms with Gasteiger partial charge in [0.1, 0.15) is 5.75 Å². The van der Waals surface area contributed by atoms with E-state index in [-0.39, 0.29) is 0 Å². The molecule has 0 heterocycles. The molecular formula is C16H22N2O5. The Bertz CT molecular complexity index is 528. The van der Waals surface area contributed by atoms with E-state index in [9.17, 15) is 14.4 Å². The summed E-state index contributed by atoms with van der Waals surface area (Å²) >= 11 is 0. The first-order valence-electron chi connectivity index (χ1n) is 7.54. The summed E-state index contributed by atoms with van der Waals surface area (Å²) in [6, 6.07) is 5.82. The summed E-state index contributed by atoms with van der Waals surface area (Å²) in [6.45, 7) is 4.43. The highest BCUT2D eigenvalue weighted by molar-refractivity contribution is 5.97.